The number of aromatic nitrogens is 1. The average molecular weight is 347 g/mol. The molecule has 128 valence electrons. The Labute approximate surface area is 151 Å². The number of para-hydroxylation sites is 1. The number of rotatable bonds is 5. The highest BCUT2D eigenvalue weighted by Gasteiger charge is 2.14. The molecule has 2 aromatic carbocycles. The molecule has 1 aromatic heterocycles. The molecule has 2 N–H and O–H groups in total. The van der Waals surface area contributed by atoms with E-state index in [1.807, 2.05) is 18.2 Å². The van der Waals surface area contributed by atoms with Gasteiger partial charge >= 0.3 is 0 Å². The molecule has 26 heavy (non-hydrogen) atoms. The van der Waals surface area contributed by atoms with Crippen molar-refractivity contribution in [2.45, 2.75) is 0 Å². The van der Waals surface area contributed by atoms with Gasteiger partial charge in [0.05, 0.1) is 12.7 Å². The molecule has 0 unspecified atom stereocenters. The molecule has 3 aromatic rings. The first-order valence-electron chi connectivity index (χ1n) is 7.79. The van der Waals surface area contributed by atoms with Crippen LogP contribution in [0.15, 0.2) is 60.8 Å². The van der Waals surface area contributed by atoms with Crippen LogP contribution >= 0.6 is 0 Å². The molecule has 0 aliphatic rings. The highest BCUT2D eigenvalue weighted by molar-refractivity contribution is 6.32. The molecule has 2 radical (unpaired) electrons. The Hall–Kier alpha value is -3.35. The van der Waals surface area contributed by atoms with Crippen LogP contribution in [-0.2, 0) is 0 Å². The number of nitrogens with zero attached hydrogens (tertiary/aromatic N) is 1. The molecular weight excluding hydrogens is 332 g/mol. The van der Waals surface area contributed by atoms with Crippen LogP contribution in [0.25, 0.3) is 0 Å². The van der Waals surface area contributed by atoms with E-state index in [9.17, 15) is 9.18 Å². The van der Waals surface area contributed by atoms with Crippen LogP contribution in [0.5, 0.6) is 5.75 Å². The number of halogens is 1. The van der Waals surface area contributed by atoms with Crippen LogP contribution in [0.2, 0.25) is 0 Å². The minimum atomic E-state index is -0.525. The minimum Gasteiger partial charge on any atom is -0.494 e. The SMILES string of the molecule is [B]c1cnc(Nc2ccc(OC)c(F)c2)c(C(=O)Nc2ccccc2)c1. The van der Waals surface area contributed by atoms with E-state index in [2.05, 4.69) is 15.6 Å². The van der Waals surface area contributed by atoms with E-state index in [-0.39, 0.29) is 23.0 Å². The fraction of sp³-hybridized carbons (Fsp3) is 0.0526. The molecule has 1 amide bonds. The van der Waals surface area contributed by atoms with E-state index in [0.29, 0.717) is 16.8 Å². The van der Waals surface area contributed by atoms with Gasteiger partial charge in [0.1, 0.15) is 13.7 Å². The van der Waals surface area contributed by atoms with Crippen molar-refractivity contribution in [2.24, 2.45) is 0 Å². The first-order valence-corrected chi connectivity index (χ1v) is 7.79. The van der Waals surface area contributed by atoms with Crippen LogP contribution in [0.4, 0.5) is 21.6 Å². The Bertz CT molecular complexity index is 935. The van der Waals surface area contributed by atoms with Gasteiger partial charge in [-0.25, -0.2) is 9.37 Å². The number of nitrogens with one attached hydrogen (secondary N) is 2. The molecule has 0 saturated heterocycles. The molecule has 0 bridgehead atoms. The number of anilines is 3. The van der Waals surface area contributed by atoms with Gasteiger partial charge in [-0.05, 0) is 24.3 Å². The van der Waals surface area contributed by atoms with Crippen molar-refractivity contribution in [1.29, 1.82) is 0 Å². The maximum absolute atomic E-state index is 13.9. The lowest BCUT2D eigenvalue weighted by molar-refractivity contribution is 0.102. The Kier molecular flexibility index (Phi) is 5.17. The molecular formula is C19H15BFN3O2. The molecule has 0 spiro atoms. The fourth-order valence-corrected chi connectivity index (χ4v) is 2.35. The molecule has 3 rings (SSSR count). The minimum absolute atomic E-state index is 0.128. The molecule has 0 saturated carbocycles. The highest BCUT2D eigenvalue weighted by Crippen LogP contribution is 2.24. The van der Waals surface area contributed by atoms with Crippen LogP contribution in [0.3, 0.4) is 0 Å². The molecule has 0 fully saturated rings. The lowest BCUT2D eigenvalue weighted by Crippen LogP contribution is -2.18. The first-order chi connectivity index (χ1) is 12.6. The Morgan fingerprint density at radius 1 is 1.12 bits per heavy atom. The summed E-state index contributed by atoms with van der Waals surface area (Å²) in [4.78, 5) is 16.8. The molecule has 5 nitrogen and oxygen atoms in total. The number of pyridine rings is 1. The number of hydrogen-bond donors (Lipinski definition) is 2. The fourth-order valence-electron chi connectivity index (χ4n) is 2.35. The van der Waals surface area contributed by atoms with Gasteiger partial charge in [-0.1, -0.05) is 29.7 Å². The number of amides is 1. The summed E-state index contributed by atoms with van der Waals surface area (Å²) in [5.74, 6) is -0.518. The topological polar surface area (TPSA) is 63.3 Å². The lowest BCUT2D eigenvalue weighted by Gasteiger charge is -2.13. The van der Waals surface area contributed by atoms with Crippen LogP contribution in [0, 0.1) is 5.82 Å². The molecule has 1 heterocycles. The molecule has 7 heteroatoms. The van der Waals surface area contributed by atoms with Gasteiger partial charge in [-0.15, -0.1) is 0 Å². The number of carbonyl (C=O) groups is 1. The predicted octanol–water partition coefficient (Wildman–Crippen LogP) is 3.02. The third-order valence-electron chi connectivity index (χ3n) is 3.60. The van der Waals surface area contributed by atoms with Gasteiger partial charge < -0.3 is 15.4 Å². The third kappa shape index (κ3) is 4.00. The van der Waals surface area contributed by atoms with E-state index in [1.54, 1.807) is 18.2 Å². The van der Waals surface area contributed by atoms with Gasteiger partial charge in [-0.3, -0.25) is 4.79 Å². The number of carbonyl (C=O) groups excluding carboxylic acids is 1. The number of ether oxygens (including phenoxy) is 1. The molecule has 0 aliphatic heterocycles. The number of benzene rings is 2. The maximum atomic E-state index is 13.9. The highest BCUT2D eigenvalue weighted by atomic mass is 19.1. The summed E-state index contributed by atoms with van der Waals surface area (Å²) in [5, 5.41) is 5.71. The standard InChI is InChI=1S/C19H15BFN3O2/c1-26-17-8-7-14(10-16(17)21)23-18-15(9-12(20)11-22-18)19(25)24-13-5-3-2-4-6-13/h2-11H,1H3,(H,22,23)(H,24,25). The van der Waals surface area contributed by atoms with Gasteiger partial charge in [-0.2, -0.15) is 0 Å². The number of hydrogen-bond acceptors (Lipinski definition) is 4. The van der Waals surface area contributed by atoms with E-state index < -0.39 is 5.82 Å². The van der Waals surface area contributed by atoms with Crippen molar-refractivity contribution in [3.05, 3.63) is 72.2 Å². The summed E-state index contributed by atoms with van der Waals surface area (Å²) >= 11 is 0. The predicted molar refractivity (Wildman–Crippen MR) is 100 cm³/mol. The monoisotopic (exact) mass is 347 g/mol. The lowest BCUT2D eigenvalue weighted by atomic mass is 9.96. The summed E-state index contributed by atoms with van der Waals surface area (Å²) in [6.45, 7) is 0. The zero-order valence-corrected chi connectivity index (χ0v) is 14.0. The Morgan fingerprint density at radius 3 is 2.58 bits per heavy atom. The van der Waals surface area contributed by atoms with E-state index in [4.69, 9.17) is 12.6 Å². The average Bonchev–Trinajstić information content (AvgIpc) is 2.64. The summed E-state index contributed by atoms with van der Waals surface area (Å²) < 4.78 is 18.8. The van der Waals surface area contributed by atoms with Crippen molar-refractivity contribution < 1.29 is 13.9 Å². The second-order valence-corrected chi connectivity index (χ2v) is 5.46. The second-order valence-electron chi connectivity index (χ2n) is 5.46. The molecule has 0 atom stereocenters. The van der Waals surface area contributed by atoms with Crippen molar-refractivity contribution in [3.63, 3.8) is 0 Å². The maximum Gasteiger partial charge on any atom is 0.259 e. The summed E-state index contributed by atoms with van der Waals surface area (Å²) in [5.41, 5.74) is 1.65. The van der Waals surface area contributed by atoms with Crippen molar-refractivity contribution in [3.8, 4) is 5.75 Å². The summed E-state index contributed by atoms with van der Waals surface area (Å²) in [7, 11) is 7.16. The van der Waals surface area contributed by atoms with E-state index >= 15 is 0 Å². The third-order valence-corrected chi connectivity index (χ3v) is 3.60. The van der Waals surface area contributed by atoms with Gasteiger partial charge in [0, 0.05) is 23.6 Å². The Balaban J connectivity index is 1.88. The van der Waals surface area contributed by atoms with E-state index in [1.165, 1.54) is 31.5 Å². The smallest absolute Gasteiger partial charge is 0.259 e. The zero-order valence-electron chi connectivity index (χ0n) is 14.0. The van der Waals surface area contributed by atoms with Crippen LogP contribution in [-0.4, -0.2) is 25.8 Å². The van der Waals surface area contributed by atoms with Gasteiger partial charge in [0.25, 0.3) is 5.91 Å². The van der Waals surface area contributed by atoms with Crippen molar-refractivity contribution in [1.82, 2.24) is 4.98 Å². The van der Waals surface area contributed by atoms with Gasteiger partial charge in [0.15, 0.2) is 11.6 Å². The van der Waals surface area contributed by atoms with Gasteiger partial charge in [0.2, 0.25) is 0 Å². The van der Waals surface area contributed by atoms with Crippen LogP contribution < -0.4 is 20.8 Å². The van der Waals surface area contributed by atoms with Crippen molar-refractivity contribution >= 4 is 36.4 Å². The van der Waals surface area contributed by atoms with Crippen LogP contribution in [0.1, 0.15) is 10.4 Å². The Morgan fingerprint density at radius 2 is 1.88 bits per heavy atom. The molecule has 0 aliphatic carbocycles. The number of methoxy groups -OCH3 is 1. The van der Waals surface area contributed by atoms with Crippen molar-refractivity contribution in [2.75, 3.05) is 17.7 Å². The normalized spacial score (nSPS) is 10.2. The second kappa shape index (κ2) is 7.69. The van der Waals surface area contributed by atoms with E-state index in [0.717, 1.165) is 0 Å². The summed E-state index contributed by atoms with van der Waals surface area (Å²) in [6, 6.07) is 14.9. The zero-order chi connectivity index (χ0) is 18.5. The largest absolute Gasteiger partial charge is 0.494 e. The summed E-state index contributed by atoms with van der Waals surface area (Å²) in [6.07, 6.45) is 1.42. The quantitative estimate of drug-likeness (QED) is 0.697. The first kappa shape index (κ1) is 17.5.